The van der Waals surface area contributed by atoms with Crippen molar-refractivity contribution in [2.24, 2.45) is 11.3 Å². The molecule has 4 heteroatoms. The Kier molecular flexibility index (Phi) is 4.54. The van der Waals surface area contributed by atoms with Gasteiger partial charge >= 0.3 is 5.97 Å². The van der Waals surface area contributed by atoms with Gasteiger partial charge in [-0.25, -0.2) is 0 Å². The van der Waals surface area contributed by atoms with Crippen LogP contribution in [-0.4, -0.2) is 35.0 Å². The number of carboxylic acid groups (broad SMARTS) is 1. The zero-order valence-electron chi connectivity index (χ0n) is 11.0. The Bertz CT molecular complexity index is 299. The van der Waals surface area contributed by atoms with Crippen LogP contribution in [0.4, 0.5) is 0 Å². The van der Waals surface area contributed by atoms with Crippen LogP contribution in [-0.2, 0) is 9.59 Å². The molecule has 0 aromatic carbocycles. The average Bonchev–Trinajstić information content (AvgIpc) is 2.76. The number of carbonyl (C=O) groups is 2. The van der Waals surface area contributed by atoms with Crippen molar-refractivity contribution in [1.29, 1.82) is 0 Å². The summed E-state index contributed by atoms with van der Waals surface area (Å²) in [5, 5.41) is 9.28. The van der Waals surface area contributed by atoms with E-state index in [2.05, 4.69) is 0 Å². The summed E-state index contributed by atoms with van der Waals surface area (Å²) >= 11 is 0. The molecule has 1 N–H and O–H groups in total. The predicted octanol–water partition coefficient (Wildman–Crippen LogP) is 2.14. The Morgan fingerprint density at radius 3 is 2.24 bits per heavy atom. The molecule has 1 aliphatic rings. The van der Waals surface area contributed by atoms with Gasteiger partial charge in [-0.05, 0) is 25.7 Å². The maximum atomic E-state index is 12.2. The minimum Gasteiger partial charge on any atom is -0.481 e. The molecule has 0 bridgehead atoms. The molecule has 0 spiro atoms. The number of carbonyl (C=O) groups excluding carboxylic acids is 1. The molecule has 17 heavy (non-hydrogen) atoms. The maximum Gasteiger partial charge on any atom is 0.311 e. The van der Waals surface area contributed by atoms with Crippen LogP contribution in [0.15, 0.2) is 0 Å². The van der Waals surface area contributed by atoms with Crippen molar-refractivity contribution in [3.8, 4) is 0 Å². The van der Waals surface area contributed by atoms with E-state index < -0.39 is 11.4 Å². The van der Waals surface area contributed by atoms with Gasteiger partial charge in [0.15, 0.2) is 0 Å². The van der Waals surface area contributed by atoms with Crippen LogP contribution < -0.4 is 0 Å². The van der Waals surface area contributed by atoms with Gasteiger partial charge in [0.05, 0.1) is 5.41 Å². The van der Waals surface area contributed by atoms with E-state index in [0.29, 0.717) is 25.9 Å². The third-order valence-electron chi connectivity index (χ3n) is 4.13. The minimum absolute atomic E-state index is 0.0523. The topological polar surface area (TPSA) is 57.6 Å². The van der Waals surface area contributed by atoms with E-state index in [1.807, 2.05) is 20.8 Å². The summed E-state index contributed by atoms with van der Waals surface area (Å²) in [6.45, 7) is 6.88. The van der Waals surface area contributed by atoms with Gasteiger partial charge in [-0.3, -0.25) is 9.59 Å². The first-order chi connectivity index (χ1) is 8.00. The van der Waals surface area contributed by atoms with Crippen LogP contribution in [0.5, 0.6) is 0 Å². The van der Waals surface area contributed by atoms with Gasteiger partial charge < -0.3 is 10.0 Å². The molecule has 1 saturated heterocycles. The van der Waals surface area contributed by atoms with Crippen molar-refractivity contribution >= 4 is 11.9 Å². The number of hydrogen-bond acceptors (Lipinski definition) is 2. The molecule has 4 nitrogen and oxygen atoms in total. The van der Waals surface area contributed by atoms with Gasteiger partial charge in [-0.2, -0.15) is 0 Å². The summed E-state index contributed by atoms with van der Waals surface area (Å²) < 4.78 is 0. The monoisotopic (exact) mass is 241 g/mol. The fraction of sp³-hybridized carbons (Fsp3) is 0.846. The summed E-state index contributed by atoms with van der Waals surface area (Å²) in [7, 11) is 0. The zero-order valence-corrected chi connectivity index (χ0v) is 11.0. The molecule has 1 unspecified atom stereocenters. The lowest BCUT2D eigenvalue weighted by molar-refractivity contribution is -0.149. The number of nitrogens with zero attached hydrogens (tertiary/aromatic N) is 1. The first kappa shape index (κ1) is 14.0. The quantitative estimate of drug-likeness (QED) is 0.802. The van der Waals surface area contributed by atoms with E-state index in [9.17, 15) is 14.7 Å². The number of aliphatic carboxylic acids is 1. The van der Waals surface area contributed by atoms with Crippen molar-refractivity contribution < 1.29 is 14.7 Å². The predicted molar refractivity (Wildman–Crippen MR) is 65.6 cm³/mol. The Hall–Kier alpha value is -1.06. The van der Waals surface area contributed by atoms with E-state index in [1.54, 1.807) is 4.90 Å². The molecule has 0 aromatic heterocycles. The molecule has 0 saturated carbocycles. The second kappa shape index (κ2) is 5.52. The Labute approximate surface area is 103 Å². The van der Waals surface area contributed by atoms with Gasteiger partial charge in [-0.1, -0.05) is 20.8 Å². The molecular formula is C13H23NO3. The smallest absolute Gasteiger partial charge is 0.311 e. The third-order valence-corrected chi connectivity index (χ3v) is 4.13. The van der Waals surface area contributed by atoms with E-state index in [1.165, 1.54) is 0 Å². The highest BCUT2D eigenvalue weighted by atomic mass is 16.4. The molecule has 1 atom stereocenters. The highest BCUT2D eigenvalue weighted by molar-refractivity contribution is 5.82. The third kappa shape index (κ3) is 2.61. The highest BCUT2D eigenvalue weighted by Gasteiger charge is 2.45. The largest absolute Gasteiger partial charge is 0.481 e. The highest BCUT2D eigenvalue weighted by Crippen LogP contribution is 2.35. The van der Waals surface area contributed by atoms with E-state index >= 15 is 0 Å². The van der Waals surface area contributed by atoms with Crippen molar-refractivity contribution in [1.82, 2.24) is 4.90 Å². The number of amides is 1. The lowest BCUT2D eigenvalue weighted by Crippen LogP contribution is -2.38. The summed E-state index contributed by atoms with van der Waals surface area (Å²) in [6, 6.07) is 0. The van der Waals surface area contributed by atoms with Crippen LogP contribution in [0.3, 0.4) is 0 Å². The lowest BCUT2D eigenvalue weighted by atomic mass is 9.84. The van der Waals surface area contributed by atoms with Crippen molar-refractivity contribution in [2.45, 2.75) is 46.5 Å². The van der Waals surface area contributed by atoms with Crippen LogP contribution >= 0.6 is 0 Å². The molecule has 98 valence electrons. The minimum atomic E-state index is -0.764. The van der Waals surface area contributed by atoms with E-state index in [0.717, 1.165) is 12.8 Å². The molecule has 1 aliphatic heterocycles. The van der Waals surface area contributed by atoms with Crippen molar-refractivity contribution in [3.05, 3.63) is 0 Å². The van der Waals surface area contributed by atoms with Crippen LogP contribution in [0, 0.1) is 11.3 Å². The van der Waals surface area contributed by atoms with E-state index in [-0.39, 0.29) is 11.8 Å². The van der Waals surface area contributed by atoms with E-state index in [4.69, 9.17) is 0 Å². The van der Waals surface area contributed by atoms with Crippen LogP contribution in [0.2, 0.25) is 0 Å². The SMILES string of the molecule is CCC(CC)C(=O)N1CCC(CC)(C(=O)O)C1. The van der Waals surface area contributed by atoms with Crippen LogP contribution in [0.25, 0.3) is 0 Å². The number of hydrogen-bond donors (Lipinski definition) is 1. The van der Waals surface area contributed by atoms with Crippen molar-refractivity contribution in [2.75, 3.05) is 13.1 Å². The number of likely N-dealkylation sites (tertiary alicyclic amines) is 1. The Morgan fingerprint density at radius 2 is 1.88 bits per heavy atom. The summed E-state index contributed by atoms with van der Waals surface area (Å²) in [6.07, 6.45) is 2.84. The van der Waals surface area contributed by atoms with Crippen LogP contribution in [0.1, 0.15) is 46.5 Å². The first-order valence-electron chi connectivity index (χ1n) is 6.53. The fourth-order valence-electron chi connectivity index (χ4n) is 2.57. The fourth-order valence-corrected chi connectivity index (χ4v) is 2.57. The van der Waals surface area contributed by atoms with Crippen molar-refractivity contribution in [3.63, 3.8) is 0 Å². The normalized spacial score (nSPS) is 24.4. The molecule has 1 rings (SSSR count). The Balaban J connectivity index is 2.72. The Morgan fingerprint density at radius 1 is 1.29 bits per heavy atom. The second-order valence-corrected chi connectivity index (χ2v) is 4.96. The second-order valence-electron chi connectivity index (χ2n) is 4.96. The molecule has 0 aliphatic carbocycles. The molecule has 0 aromatic rings. The molecule has 1 heterocycles. The lowest BCUT2D eigenvalue weighted by Gasteiger charge is -2.25. The van der Waals surface area contributed by atoms with Gasteiger partial charge in [0.1, 0.15) is 0 Å². The standard InChI is InChI=1S/C13H23NO3/c1-4-10(5-2)11(15)14-8-7-13(6-3,9-14)12(16)17/h10H,4-9H2,1-3H3,(H,16,17). The molecule has 1 amide bonds. The molecule has 1 fully saturated rings. The zero-order chi connectivity index (χ0) is 13.1. The van der Waals surface area contributed by atoms with Gasteiger partial charge in [0.2, 0.25) is 5.91 Å². The summed E-state index contributed by atoms with van der Waals surface area (Å²) in [5.41, 5.74) is -0.707. The number of rotatable bonds is 5. The van der Waals surface area contributed by atoms with Gasteiger partial charge in [0, 0.05) is 19.0 Å². The number of carboxylic acids is 1. The van der Waals surface area contributed by atoms with Gasteiger partial charge in [0.25, 0.3) is 0 Å². The summed E-state index contributed by atoms with van der Waals surface area (Å²) in [5.74, 6) is -0.581. The molecular weight excluding hydrogens is 218 g/mol. The molecule has 0 radical (unpaired) electrons. The average molecular weight is 241 g/mol. The maximum absolute atomic E-state index is 12.2. The summed E-state index contributed by atoms with van der Waals surface area (Å²) in [4.78, 5) is 25.2. The first-order valence-corrected chi connectivity index (χ1v) is 6.53. The van der Waals surface area contributed by atoms with Gasteiger partial charge in [-0.15, -0.1) is 0 Å².